The van der Waals surface area contributed by atoms with E-state index in [1.54, 1.807) is 0 Å². The van der Waals surface area contributed by atoms with E-state index in [0.29, 0.717) is 0 Å². The predicted octanol–water partition coefficient (Wildman–Crippen LogP) is 0.598. The van der Waals surface area contributed by atoms with Gasteiger partial charge in [0.15, 0.2) is 5.03 Å². The summed E-state index contributed by atoms with van der Waals surface area (Å²) in [5.74, 6) is -1.21. The molecule has 1 aromatic heterocycles. The summed E-state index contributed by atoms with van der Waals surface area (Å²) < 4.78 is 25.6. The number of rotatable bonds is 7. The number of hydrogen-bond donors (Lipinski definition) is 1. The van der Waals surface area contributed by atoms with E-state index in [1.807, 2.05) is 12.1 Å². The number of carbonyl (C=O) groups is 1. The van der Waals surface area contributed by atoms with E-state index in [0.717, 1.165) is 22.6 Å². The maximum atomic E-state index is 12.3. The van der Waals surface area contributed by atoms with Gasteiger partial charge in [-0.2, -0.15) is 14.8 Å². The average Bonchev–Trinajstić information content (AvgIpc) is 2.47. The molecule has 0 spiro atoms. The first kappa shape index (κ1) is 16.6. The van der Waals surface area contributed by atoms with Crippen LogP contribution < -0.4 is 0 Å². The molecule has 0 aliphatic rings. The third-order valence-corrected chi connectivity index (χ3v) is 4.35. The molecule has 0 bridgehead atoms. The van der Waals surface area contributed by atoms with Crippen molar-refractivity contribution in [2.75, 3.05) is 13.1 Å². The van der Waals surface area contributed by atoms with Crippen LogP contribution in [0.1, 0.15) is 23.2 Å². The molecule has 21 heavy (non-hydrogen) atoms. The summed E-state index contributed by atoms with van der Waals surface area (Å²) in [6.07, 6.45) is 0.914. The van der Waals surface area contributed by atoms with Crippen molar-refractivity contribution in [3.8, 4) is 12.1 Å². The van der Waals surface area contributed by atoms with Crippen molar-refractivity contribution in [2.45, 2.75) is 17.9 Å². The number of sulfonamides is 1. The van der Waals surface area contributed by atoms with Crippen LogP contribution >= 0.6 is 0 Å². The normalized spacial score (nSPS) is 10.8. The van der Waals surface area contributed by atoms with Crippen LogP contribution in [0.25, 0.3) is 0 Å². The zero-order chi connectivity index (χ0) is 15.9. The number of carboxylic acid groups (broad SMARTS) is 1. The van der Waals surface area contributed by atoms with Crippen LogP contribution in [0.5, 0.6) is 0 Å². The number of aromatic carboxylic acids is 1. The molecule has 0 saturated heterocycles. The third kappa shape index (κ3) is 4.24. The van der Waals surface area contributed by atoms with E-state index < -0.39 is 16.0 Å². The highest BCUT2D eigenvalue weighted by atomic mass is 32.2. The Kier molecular flexibility index (Phi) is 5.79. The second-order valence-corrected chi connectivity index (χ2v) is 5.80. The Morgan fingerprint density at radius 2 is 1.81 bits per heavy atom. The quantitative estimate of drug-likeness (QED) is 0.778. The Balaban J connectivity index is 3.07. The van der Waals surface area contributed by atoms with Crippen LogP contribution in [0.3, 0.4) is 0 Å². The maximum absolute atomic E-state index is 12.3. The Morgan fingerprint density at radius 1 is 1.24 bits per heavy atom. The van der Waals surface area contributed by atoms with Gasteiger partial charge in [-0.1, -0.05) is 0 Å². The Labute approximate surface area is 121 Å². The van der Waals surface area contributed by atoms with E-state index in [4.69, 9.17) is 15.6 Å². The molecule has 1 rings (SSSR count). The van der Waals surface area contributed by atoms with Crippen LogP contribution in [-0.2, 0) is 10.0 Å². The van der Waals surface area contributed by atoms with Gasteiger partial charge in [0.1, 0.15) is 0 Å². The maximum Gasteiger partial charge on any atom is 0.337 e. The summed E-state index contributed by atoms with van der Waals surface area (Å²) in [4.78, 5) is 14.3. The van der Waals surface area contributed by atoms with E-state index in [2.05, 4.69) is 4.98 Å². The summed E-state index contributed by atoms with van der Waals surface area (Å²) in [6.45, 7) is -0.105. The van der Waals surface area contributed by atoms with E-state index in [-0.39, 0.29) is 36.5 Å². The molecule has 0 unspecified atom stereocenters. The molecule has 0 aliphatic heterocycles. The number of carboxylic acids is 1. The Morgan fingerprint density at radius 3 is 2.19 bits per heavy atom. The number of nitriles is 2. The molecular weight excluding hydrogens is 296 g/mol. The number of aromatic nitrogens is 1. The van der Waals surface area contributed by atoms with Crippen molar-refractivity contribution < 1.29 is 18.3 Å². The highest BCUT2D eigenvalue weighted by molar-refractivity contribution is 7.89. The van der Waals surface area contributed by atoms with Crippen LogP contribution in [0.4, 0.5) is 0 Å². The first-order chi connectivity index (χ1) is 9.93. The standard InChI is InChI=1S/C12H12N4O4S/c13-5-1-7-16(8-2-6-14)21(19,20)11-4-3-10(9-15-11)12(17)18/h3-4,9H,1-2,7-8H2,(H,17,18). The van der Waals surface area contributed by atoms with Crippen molar-refractivity contribution in [1.29, 1.82) is 10.5 Å². The summed E-state index contributed by atoms with van der Waals surface area (Å²) >= 11 is 0. The van der Waals surface area contributed by atoms with Crippen LogP contribution in [0.15, 0.2) is 23.4 Å². The molecule has 1 aromatic rings. The van der Waals surface area contributed by atoms with E-state index in [1.165, 1.54) is 0 Å². The van der Waals surface area contributed by atoms with Crippen molar-refractivity contribution in [3.05, 3.63) is 23.9 Å². The molecule has 1 heterocycles. The third-order valence-electron chi connectivity index (χ3n) is 2.53. The van der Waals surface area contributed by atoms with Gasteiger partial charge in [-0.25, -0.2) is 18.2 Å². The molecule has 1 N–H and O–H groups in total. The first-order valence-electron chi connectivity index (χ1n) is 5.87. The summed E-state index contributed by atoms with van der Waals surface area (Å²) in [7, 11) is -3.96. The lowest BCUT2D eigenvalue weighted by molar-refractivity contribution is 0.0696. The van der Waals surface area contributed by atoms with Crippen molar-refractivity contribution in [1.82, 2.24) is 9.29 Å². The predicted molar refractivity (Wildman–Crippen MR) is 70.4 cm³/mol. The van der Waals surface area contributed by atoms with Gasteiger partial charge in [0.2, 0.25) is 0 Å². The zero-order valence-electron chi connectivity index (χ0n) is 10.9. The van der Waals surface area contributed by atoms with Crippen LogP contribution in [0.2, 0.25) is 0 Å². The lowest BCUT2D eigenvalue weighted by Crippen LogP contribution is -2.33. The molecule has 8 nitrogen and oxygen atoms in total. The second kappa shape index (κ2) is 7.33. The summed E-state index contributed by atoms with van der Waals surface area (Å²) in [6, 6.07) is 5.89. The SMILES string of the molecule is N#CCCN(CCC#N)S(=O)(=O)c1ccc(C(=O)O)cn1. The summed E-state index contributed by atoms with van der Waals surface area (Å²) in [5, 5.41) is 25.5. The van der Waals surface area contributed by atoms with Gasteiger partial charge in [-0.3, -0.25) is 0 Å². The van der Waals surface area contributed by atoms with Gasteiger partial charge in [0, 0.05) is 32.1 Å². The molecular formula is C12H12N4O4S. The first-order valence-corrected chi connectivity index (χ1v) is 7.31. The largest absolute Gasteiger partial charge is 0.478 e. The van der Waals surface area contributed by atoms with Crippen molar-refractivity contribution >= 4 is 16.0 Å². The molecule has 0 saturated carbocycles. The molecule has 0 atom stereocenters. The van der Waals surface area contributed by atoms with E-state index >= 15 is 0 Å². The second-order valence-electron chi connectivity index (χ2n) is 3.91. The minimum Gasteiger partial charge on any atom is -0.478 e. The van der Waals surface area contributed by atoms with Crippen molar-refractivity contribution in [3.63, 3.8) is 0 Å². The van der Waals surface area contributed by atoms with Crippen LogP contribution in [-0.4, -0.2) is 41.9 Å². The minimum atomic E-state index is -3.96. The number of pyridine rings is 1. The highest BCUT2D eigenvalue weighted by Crippen LogP contribution is 2.14. The Hall–Kier alpha value is -2.49. The van der Waals surface area contributed by atoms with Crippen molar-refractivity contribution in [2.24, 2.45) is 0 Å². The smallest absolute Gasteiger partial charge is 0.337 e. The lowest BCUT2D eigenvalue weighted by atomic mass is 10.3. The van der Waals surface area contributed by atoms with Crippen LogP contribution in [0, 0.1) is 22.7 Å². The van der Waals surface area contributed by atoms with Gasteiger partial charge in [0.25, 0.3) is 10.0 Å². The average molecular weight is 308 g/mol. The topological polar surface area (TPSA) is 135 Å². The zero-order valence-corrected chi connectivity index (χ0v) is 11.7. The monoisotopic (exact) mass is 308 g/mol. The lowest BCUT2D eigenvalue weighted by Gasteiger charge is -2.19. The van der Waals surface area contributed by atoms with Gasteiger partial charge < -0.3 is 5.11 Å². The Bertz CT molecular complexity index is 667. The van der Waals surface area contributed by atoms with Gasteiger partial charge >= 0.3 is 5.97 Å². The van der Waals surface area contributed by atoms with E-state index in [9.17, 15) is 13.2 Å². The summed E-state index contributed by atoms with van der Waals surface area (Å²) in [5.41, 5.74) is -0.130. The molecule has 0 aliphatic carbocycles. The molecule has 9 heteroatoms. The van der Waals surface area contributed by atoms with Gasteiger partial charge in [0.05, 0.1) is 17.7 Å². The molecule has 0 fully saturated rings. The number of hydrogen-bond acceptors (Lipinski definition) is 6. The molecule has 0 radical (unpaired) electrons. The number of nitrogens with zero attached hydrogens (tertiary/aromatic N) is 4. The van der Waals surface area contributed by atoms with Gasteiger partial charge in [-0.15, -0.1) is 0 Å². The minimum absolute atomic E-state index is 0.0160. The molecule has 110 valence electrons. The molecule has 0 aromatic carbocycles. The highest BCUT2D eigenvalue weighted by Gasteiger charge is 2.25. The fourth-order valence-electron chi connectivity index (χ4n) is 1.49. The molecule has 0 amide bonds. The van der Waals surface area contributed by atoms with Gasteiger partial charge in [-0.05, 0) is 12.1 Å². The fraction of sp³-hybridized carbons (Fsp3) is 0.333. The fourth-order valence-corrected chi connectivity index (χ4v) is 2.85.